The van der Waals surface area contributed by atoms with Gasteiger partial charge in [0.15, 0.2) is 5.75 Å². The first-order chi connectivity index (χ1) is 8.93. The van der Waals surface area contributed by atoms with Gasteiger partial charge in [0.05, 0.1) is 30.9 Å². The lowest BCUT2D eigenvalue weighted by Gasteiger charge is -2.11. The highest BCUT2D eigenvalue weighted by Crippen LogP contribution is 2.35. The predicted octanol–water partition coefficient (Wildman–Crippen LogP) is 1.98. The lowest BCUT2D eigenvalue weighted by Crippen LogP contribution is -2.09. The topological polar surface area (TPSA) is 78.1 Å². The summed E-state index contributed by atoms with van der Waals surface area (Å²) in [7, 11) is -0.829. The third-order valence-corrected chi connectivity index (χ3v) is 4.05. The average Bonchev–Trinajstić information content (AvgIpc) is 2.37. The van der Waals surface area contributed by atoms with Gasteiger partial charge in [0.25, 0.3) is 0 Å². The van der Waals surface area contributed by atoms with E-state index >= 15 is 0 Å². The third-order valence-electron chi connectivity index (χ3n) is 2.72. The molecule has 5 nitrogen and oxygen atoms in total. The number of benzene rings is 1. The number of aromatic nitrogens is 2. The van der Waals surface area contributed by atoms with Crippen LogP contribution in [0.25, 0.3) is 11.3 Å². The summed E-state index contributed by atoms with van der Waals surface area (Å²) < 4.78 is 17.2. The number of nitrogens with zero attached hydrogens (tertiary/aromatic N) is 2. The molecule has 2 aromatic rings. The van der Waals surface area contributed by atoms with Crippen molar-refractivity contribution in [1.29, 1.82) is 0 Å². The van der Waals surface area contributed by atoms with E-state index in [1.807, 2.05) is 12.1 Å². The van der Waals surface area contributed by atoms with Gasteiger partial charge in [-0.1, -0.05) is 6.07 Å². The fourth-order valence-corrected chi connectivity index (χ4v) is 2.39. The summed E-state index contributed by atoms with van der Waals surface area (Å²) >= 11 is 0. The van der Waals surface area contributed by atoms with Crippen molar-refractivity contribution in [3.05, 3.63) is 30.6 Å². The molecular weight excluding hydrogens is 261 g/mol. The van der Waals surface area contributed by atoms with Crippen molar-refractivity contribution in [1.82, 2.24) is 9.97 Å². The van der Waals surface area contributed by atoms with Crippen molar-refractivity contribution in [2.75, 3.05) is 26.2 Å². The Labute approximate surface area is 112 Å². The zero-order valence-electron chi connectivity index (χ0n) is 11.1. The molecule has 2 N–H and O–H groups in total. The fraction of sp³-hybridized carbons (Fsp3) is 0.231. The van der Waals surface area contributed by atoms with Gasteiger partial charge in [0, 0.05) is 5.56 Å². The van der Waals surface area contributed by atoms with Crippen molar-refractivity contribution < 1.29 is 9.30 Å². The molecule has 100 valence electrons. The van der Waals surface area contributed by atoms with Gasteiger partial charge >= 0.3 is 0 Å². The maximum atomic E-state index is 11.9. The number of ether oxygens (including phenoxy) is 1. The van der Waals surface area contributed by atoms with E-state index in [9.17, 15) is 4.57 Å². The minimum atomic E-state index is -2.39. The molecule has 1 heterocycles. The van der Waals surface area contributed by atoms with E-state index in [-0.39, 0.29) is 0 Å². The Morgan fingerprint density at radius 3 is 2.47 bits per heavy atom. The molecule has 2 rings (SSSR count). The SMILES string of the molecule is COc1c(N)cccc1-c1cnc(P(C)(C)=O)cn1. The number of hydrogen-bond acceptors (Lipinski definition) is 5. The largest absolute Gasteiger partial charge is 0.494 e. The molecule has 0 amide bonds. The van der Waals surface area contributed by atoms with Crippen LogP contribution in [0.4, 0.5) is 5.69 Å². The molecule has 1 aromatic carbocycles. The molecule has 19 heavy (non-hydrogen) atoms. The first kappa shape index (κ1) is 13.6. The maximum Gasteiger partial charge on any atom is 0.151 e. The van der Waals surface area contributed by atoms with Crippen LogP contribution >= 0.6 is 7.14 Å². The maximum absolute atomic E-state index is 11.9. The van der Waals surface area contributed by atoms with E-state index in [1.54, 1.807) is 38.9 Å². The summed E-state index contributed by atoms with van der Waals surface area (Å²) in [5.74, 6) is 0.570. The molecule has 0 fully saturated rings. The Morgan fingerprint density at radius 2 is 1.95 bits per heavy atom. The van der Waals surface area contributed by atoms with Gasteiger partial charge in [-0.3, -0.25) is 4.98 Å². The minimum Gasteiger partial charge on any atom is -0.494 e. The lowest BCUT2D eigenvalue weighted by atomic mass is 10.1. The van der Waals surface area contributed by atoms with Gasteiger partial charge in [-0.25, -0.2) is 4.98 Å². The molecule has 0 aliphatic carbocycles. The van der Waals surface area contributed by atoms with Crippen LogP contribution in [0.1, 0.15) is 0 Å². The van der Waals surface area contributed by atoms with E-state index in [4.69, 9.17) is 10.5 Å². The van der Waals surface area contributed by atoms with E-state index in [1.165, 1.54) is 0 Å². The standard InChI is InChI=1S/C13H16N3O2P/c1-18-13-9(5-4-6-10(13)14)11-7-16-12(8-15-11)19(2,3)17/h4-8H,14H2,1-3H3. The Bertz CT molecular complexity index is 635. The summed E-state index contributed by atoms with van der Waals surface area (Å²) in [5, 5.41) is 0. The number of para-hydroxylation sites is 1. The van der Waals surface area contributed by atoms with Crippen LogP contribution in [-0.4, -0.2) is 30.4 Å². The van der Waals surface area contributed by atoms with Crippen LogP contribution in [0.15, 0.2) is 30.6 Å². The smallest absolute Gasteiger partial charge is 0.151 e. The normalized spacial score (nSPS) is 11.3. The van der Waals surface area contributed by atoms with Crippen molar-refractivity contribution in [3.8, 4) is 17.0 Å². The first-order valence-electron chi connectivity index (χ1n) is 5.74. The van der Waals surface area contributed by atoms with Crippen molar-refractivity contribution in [2.45, 2.75) is 0 Å². The summed E-state index contributed by atoms with van der Waals surface area (Å²) in [4.78, 5) is 8.50. The number of nitrogen functional groups attached to an aromatic ring is 1. The molecule has 0 saturated heterocycles. The van der Waals surface area contributed by atoms with Gasteiger partial charge < -0.3 is 15.0 Å². The number of methoxy groups -OCH3 is 1. The zero-order chi connectivity index (χ0) is 14.0. The molecule has 1 aromatic heterocycles. The van der Waals surface area contributed by atoms with Gasteiger partial charge in [0.2, 0.25) is 0 Å². The molecule has 0 saturated carbocycles. The summed E-state index contributed by atoms with van der Waals surface area (Å²) in [6.45, 7) is 3.33. The number of anilines is 1. The number of rotatable bonds is 3. The van der Waals surface area contributed by atoms with Crippen molar-refractivity contribution >= 4 is 18.3 Å². The highest BCUT2D eigenvalue weighted by atomic mass is 31.2. The second-order valence-electron chi connectivity index (χ2n) is 4.54. The summed E-state index contributed by atoms with van der Waals surface area (Å²) in [6, 6.07) is 5.44. The van der Waals surface area contributed by atoms with Gasteiger partial charge in [-0.15, -0.1) is 0 Å². The van der Waals surface area contributed by atoms with E-state index < -0.39 is 7.14 Å². The third kappa shape index (κ3) is 2.76. The highest BCUT2D eigenvalue weighted by Gasteiger charge is 2.15. The number of hydrogen-bond donors (Lipinski definition) is 1. The lowest BCUT2D eigenvalue weighted by molar-refractivity contribution is 0.418. The molecule has 0 unspecified atom stereocenters. The van der Waals surface area contributed by atoms with Gasteiger partial charge in [-0.05, 0) is 25.5 Å². The Morgan fingerprint density at radius 1 is 1.21 bits per heavy atom. The zero-order valence-corrected chi connectivity index (χ0v) is 12.0. The number of nitrogens with two attached hydrogens (primary N) is 1. The molecular formula is C13H16N3O2P. The van der Waals surface area contributed by atoms with Crippen LogP contribution in [0, 0.1) is 0 Å². The Balaban J connectivity index is 2.49. The monoisotopic (exact) mass is 277 g/mol. The molecule has 0 spiro atoms. The average molecular weight is 277 g/mol. The second-order valence-corrected chi connectivity index (χ2v) is 7.70. The van der Waals surface area contributed by atoms with Crippen LogP contribution in [0.3, 0.4) is 0 Å². The van der Waals surface area contributed by atoms with Crippen molar-refractivity contribution in [2.24, 2.45) is 0 Å². The summed E-state index contributed by atoms with van der Waals surface area (Å²) in [5.41, 5.74) is 8.32. The van der Waals surface area contributed by atoms with Crippen LogP contribution in [-0.2, 0) is 4.57 Å². The van der Waals surface area contributed by atoms with Crippen LogP contribution in [0.2, 0.25) is 0 Å². The molecule has 0 atom stereocenters. The second kappa shape index (κ2) is 5.02. The van der Waals surface area contributed by atoms with Gasteiger partial charge in [0.1, 0.15) is 12.6 Å². The molecule has 6 heteroatoms. The highest BCUT2D eigenvalue weighted by molar-refractivity contribution is 7.69. The van der Waals surface area contributed by atoms with Crippen molar-refractivity contribution in [3.63, 3.8) is 0 Å². The van der Waals surface area contributed by atoms with Gasteiger partial charge in [-0.2, -0.15) is 0 Å². The molecule has 0 aliphatic rings. The minimum absolute atomic E-state index is 0.513. The quantitative estimate of drug-likeness (QED) is 0.685. The predicted molar refractivity (Wildman–Crippen MR) is 77.5 cm³/mol. The van der Waals surface area contributed by atoms with Crippen LogP contribution in [0.5, 0.6) is 5.75 Å². The van der Waals surface area contributed by atoms with E-state index in [2.05, 4.69) is 9.97 Å². The first-order valence-corrected chi connectivity index (χ1v) is 8.34. The fourth-order valence-electron chi connectivity index (χ4n) is 1.72. The molecule has 0 bridgehead atoms. The Kier molecular flexibility index (Phi) is 3.58. The molecule has 0 radical (unpaired) electrons. The van der Waals surface area contributed by atoms with E-state index in [0.29, 0.717) is 22.6 Å². The van der Waals surface area contributed by atoms with Crippen LogP contribution < -0.4 is 15.9 Å². The Hall–Kier alpha value is -1.87. The van der Waals surface area contributed by atoms with E-state index in [0.717, 1.165) is 5.56 Å². The molecule has 0 aliphatic heterocycles. The summed E-state index contributed by atoms with van der Waals surface area (Å²) in [6.07, 6.45) is 3.13.